The van der Waals surface area contributed by atoms with Crippen LogP contribution >= 0.6 is 0 Å². The summed E-state index contributed by atoms with van der Waals surface area (Å²) in [5.74, 6) is 0. The molecule has 2 heterocycles. The molecule has 0 aromatic heterocycles. The standard InChI is InChI=1S/C11H21NO18S4/c13-10-7(3-25-4-8(10)29-31(14)15)28-11-9(12-32(16,17)18)6(30-34(22,23)24)1-5(27-11)2-26-33(19,20)21/h5-13H,1-4H2,(H,14,15)(H,16,17,18)(H,19,20,21)(H,22,23,24)/t5?,6?,7-,8?,9-,10+,11-/m0/s1. The molecule has 8 atom stereocenters. The maximum Gasteiger partial charge on any atom is 0.397 e. The van der Waals surface area contributed by atoms with Crippen LogP contribution in [0.4, 0.5) is 0 Å². The average molecular weight is 584 g/mol. The lowest BCUT2D eigenvalue weighted by Crippen LogP contribution is -2.62. The van der Waals surface area contributed by atoms with Gasteiger partial charge in [-0.15, -0.1) is 0 Å². The first kappa shape index (κ1) is 29.7. The molecule has 202 valence electrons. The lowest BCUT2D eigenvalue weighted by molar-refractivity contribution is -0.277. The van der Waals surface area contributed by atoms with Crippen molar-refractivity contribution in [2.24, 2.45) is 0 Å². The van der Waals surface area contributed by atoms with Crippen molar-refractivity contribution in [2.75, 3.05) is 19.8 Å². The van der Waals surface area contributed by atoms with Gasteiger partial charge in [-0.25, -0.2) is 8.37 Å². The van der Waals surface area contributed by atoms with Gasteiger partial charge in [-0.1, -0.05) is 0 Å². The first-order chi connectivity index (χ1) is 15.4. The Hall–Kier alpha value is -0.480. The fourth-order valence-electron chi connectivity index (χ4n) is 3.07. The second kappa shape index (κ2) is 11.7. The Balaban J connectivity index is 2.33. The Labute approximate surface area is 195 Å². The number of ether oxygens (including phenoxy) is 3. The van der Waals surface area contributed by atoms with Gasteiger partial charge in [-0.2, -0.15) is 34.2 Å². The molecule has 6 N–H and O–H groups in total. The summed E-state index contributed by atoms with van der Waals surface area (Å²) in [4.78, 5) is 0. The van der Waals surface area contributed by atoms with Crippen molar-refractivity contribution >= 4 is 42.5 Å². The second-order valence-electron chi connectivity index (χ2n) is 6.81. The van der Waals surface area contributed by atoms with Crippen LogP contribution in [0.25, 0.3) is 0 Å². The van der Waals surface area contributed by atoms with Crippen molar-refractivity contribution in [1.82, 2.24) is 4.72 Å². The van der Waals surface area contributed by atoms with E-state index in [0.29, 0.717) is 0 Å². The van der Waals surface area contributed by atoms with Crippen LogP contribution in [0.1, 0.15) is 6.42 Å². The third kappa shape index (κ3) is 10.2. The van der Waals surface area contributed by atoms with Crippen molar-refractivity contribution in [1.29, 1.82) is 0 Å². The minimum absolute atomic E-state index is 0.356. The van der Waals surface area contributed by atoms with Crippen LogP contribution in [0.3, 0.4) is 0 Å². The van der Waals surface area contributed by atoms with Gasteiger partial charge in [0, 0.05) is 6.42 Å². The Morgan fingerprint density at radius 2 is 1.59 bits per heavy atom. The van der Waals surface area contributed by atoms with Gasteiger partial charge in [0.25, 0.3) is 0 Å². The normalized spacial score (nSPS) is 34.6. The molecule has 0 aromatic rings. The molecule has 0 spiro atoms. The Kier molecular flexibility index (Phi) is 10.2. The van der Waals surface area contributed by atoms with Gasteiger partial charge in [0.2, 0.25) is 0 Å². The van der Waals surface area contributed by atoms with Crippen LogP contribution < -0.4 is 4.72 Å². The molecule has 34 heavy (non-hydrogen) atoms. The van der Waals surface area contributed by atoms with E-state index in [1.165, 1.54) is 0 Å². The van der Waals surface area contributed by atoms with Crippen molar-refractivity contribution < 1.29 is 79.5 Å². The lowest BCUT2D eigenvalue weighted by atomic mass is 10.0. The number of aliphatic hydroxyl groups excluding tert-OH is 1. The van der Waals surface area contributed by atoms with Crippen LogP contribution in [0.15, 0.2) is 0 Å². The highest BCUT2D eigenvalue weighted by Crippen LogP contribution is 2.28. The van der Waals surface area contributed by atoms with E-state index in [0.717, 1.165) is 0 Å². The Morgan fingerprint density at radius 1 is 0.971 bits per heavy atom. The summed E-state index contributed by atoms with van der Waals surface area (Å²) in [5.41, 5.74) is 0. The van der Waals surface area contributed by atoms with Gasteiger partial charge in [0.05, 0.1) is 25.9 Å². The molecule has 2 aliphatic heterocycles. The third-order valence-corrected chi connectivity index (χ3v) is 6.20. The maximum absolute atomic E-state index is 11.4. The van der Waals surface area contributed by atoms with Gasteiger partial charge in [-0.05, 0) is 0 Å². The molecule has 4 unspecified atom stereocenters. The van der Waals surface area contributed by atoms with E-state index < -0.39 is 105 Å². The first-order valence-corrected chi connectivity index (χ1v) is 14.0. The van der Waals surface area contributed by atoms with Crippen molar-refractivity contribution in [3.8, 4) is 0 Å². The van der Waals surface area contributed by atoms with Crippen molar-refractivity contribution in [2.45, 2.75) is 49.3 Å². The first-order valence-electron chi connectivity index (χ1n) is 8.80. The number of hydrogen-bond donors (Lipinski definition) is 6. The van der Waals surface area contributed by atoms with Crippen molar-refractivity contribution in [3.63, 3.8) is 0 Å². The molecule has 0 saturated carbocycles. The van der Waals surface area contributed by atoms with E-state index in [1.807, 2.05) is 0 Å². The maximum atomic E-state index is 11.4. The van der Waals surface area contributed by atoms with Crippen LogP contribution in [0.5, 0.6) is 0 Å². The molecule has 2 saturated heterocycles. The molecule has 19 nitrogen and oxygen atoms in total. The fourth-order valence-corrected chi connectivity index (χ4v) is 4.90. The summed E-state index contributed by atoms with van der Waals surface area (Å²) < 4.78 is 144. The van der Waals surface area contributed by atoms with E-state index >= 15 is 0 Å². The summed E-state index contributed by atoms with van der Waals surface area (Å²) in [5, 5.41) is 10.3. The van der Waals surface area contributed by atoms with Crippen LogP contribution in [0.2, 0.25) is 0 Å². The second-order valence-corrected chi connectivity index (χ2v) is 10.8. The predicted molar refractivity (Wildman–Crippen MR) is 103 cm³/mol. The smallest absolute Gasteiger partial charge is 0.387 e. The largest absolute Gasteiger partial charge is 0.397 e. The zero-order valence-electron chi connectivity index (χ0n) is 16.5. The van der Waals surface area contributed by atoms with Gasteiger partial charge >= 0.3 is 42.5 Å². The summed E-state index contributed by atoms with van der Waals surface area (Å²) in [6, 6.07) is -1.95. The SMILES string of the molecule is O=S(O)OC1COC[C@H](O[C@@H]2OC(COS(=O)(=O)O)CC(OS(=O)(=O)O)[C@@H]2NS(=O)(=O)O)[C@H]1O. The van der Waals surface area contributed by atoms with E-state index in [4.69, 9.17) is 32.4 Å². The minimum Gasteiger partial charge on any atom is -0.387 e. The van der Waals surface area contributed by atoms with Crippen LogP contribution in [0, 0.1) is 0 Å². The molecular weight excluding hydrogens is 562 g/mol. The van der Waals surface area contributed by atoms with E-state index in [1.54, 1.807) is 4.72 Å². The Morgan fingerprint density at radius 3 is 2.12 bits per heavy atom. The highest BCUT2D eigenvalue weighted by molar-refractivity contribution is 7.83. The van der Waals surface area contributed by atoms with E-state index in [2.05, 4.69) is 12.5 Å². The summed E-state index contributed by atoms with van der Waals surface area (Å²) in [6.07, 6.45) is -10.7. The van der Waals surface area contributed by atoms with Crippen LogP contribution in [-0.4, -0.2) is 115 Å². The highest BCUT2D eigenvalue weighted by atomic mass is 32.3. The van der Waals surface area contributed by atoms with E-state index in [9.17, 15) is 34.6 Å². The predicted octanol–water partition coefficient (Wildman–Crippen LogP) is -3.83. The van der Waals surface area contributed by atoms with Gasteiger partial charge in [0.15, 0.2) is 6.29 Å². The highest BCUT2D eigenvalue weighted by Gasteiger charge is 2.47. The molecule has 0 bridgehead atoms. The van der Waals surface area contributed by atoms with Gasteiger partial charge in [-0.3, -0.25) is 22.4 Å². The van der Waals surface area contributed by atoms with Gasteiger partial charge in [0.1, 0.15) is 30.5 Å². The lowest BCUT2D eigenvalue weighted by Gasteiger charge is -2.43. The minimum atomic E-state index is -5.26. The molecule has 2 fully saturated rings. The molecular formula is C11H21NO18S4. The summed E-state index contributed by atoms with van der Waals surface area (Å²) in [6.45, 7) is -1.75. The summed E-state index contributed by atoms with van der Waals surface area (Å²) >= 11 is -2.82. The zero-order chi connectivity index (χ0) is 25.9. The Bertz CT molecular complexity index is 1030. The molecule has 0 radical (unpaired) electrons. The molecule has 2 aliphatic rings. The van der Waals surface area contributed by atoms with Gasteiger partial charge < -0.3 is 19.3 Å². The van der Waals surface area contributed by atoms with E-state index in [-0.39, 0.29) is 6.61 Å². The zero-order valence-corrected chi connectivity index (χ0v) is 19.8. The molecule has 0 aliphatic carbocycles. The average Bonchev–Trinajstić information content (AvgIpc) is 2.62. The quantitative estimate of drug-likeness (QED) is 0.100. The van der Waals surface area contributed by atoms with Crippen molar-refractivity contribution in [3.05, 3.63) is 0 Å². The molecule has 23 heteroatoms. The third-order valence-electron chi connectivity index (χ3n) is 4.29. The molecule has 2 rings (SSSR count). The monoisotopic (exact) mass is 583 g/mol. The topological polar surface area (TPSA) is 288 Å². The number of rotatable bonds is 11. The summed E-state index contributed by atoms with van der Waals surface area (Å²) in [7, 11) is -15.4. The number of nitrogens with one attached hydrogen (secondary N) is 1. The molecule has 0 aromatic carbocycles. The number of aliphatic hydroxyl groups is 1. The molecule has 0 amide bonds. The fraction of sp³-hybridized carbons (Fsp3) is 1.00. The number of hydrogen-bond acceptors (Lipinski definition) is 14. The van der Waals surface area contributed by atoms with Crippen LogP contribution in [-0.2, 0) is 69.2 Å².